The molecule has 0 bridgehead atoms. The molecule has 1 aromatic heterocycles. The van der Waals surface area contributed by atoms with Gasteiger partial charge < -0.3 is 20.7 Å². The first-order valence-electron chi connectivity index (χ1n) is 5.85. The summed E-state index contributed by atoms with van der Waals surface area (Å²) < 4.78 is 0. The molecule has 0 fully saturated rings. The normalized spacial score (nSPS) is 10.1. The van der Waals surface area contributed by atoms with Gasteiger partial charge in [0.2, 0.25) is 5.91 Å². The number of carbonyl (C=O) groups excluding carboxylic acids is 2. The van der Waals surface area contributed by atoms with Crippen molar-refractivity contribution >= 4 is 17.8 Å². The van der Waals surface area contributed by atoms with E-state index in [1.165, 1.54) is 0 Å². The number of carboxylic acid groups (broad SMARTS) is 1. The van der Waals surface area contributed by atoms with Gasteiger partial charge in [-0.25, -0.2) is 4.79 Å². The Bertz CT molecular complexity index is 519. The van der Waals surface area contributed by atoms with Crippen molar-refractivity contribution < 1.29 is 19.5 Å². The molecule has 1 rings (SSSR count). The lowest BCUT2D eigenvalue weighted by molar-refractivity contribution is -0.120. The van der Waals surface area contributed by atoms with E-state index in [2.05, 4.69) is 15.6 Å². The zero-order valence-electron chi connectivity index (χ0n) is 11.1. The van der Waals surface area contributed by atoms with Crippen LogP contribution in [-0.4, -0.2) is 41.0 Å². The first-order valence-corrected chi connectivity index (χ1v) is 5.85. The molecule has 0 unspecified atom stereocenters. The van der Waals surface area contributed by atoms with Crippen LogP contribution in [0.5, 0.6) is 0 Å². The summed E-state index contributed by atoms with van der Waals surface area (Å²) in [5.41, 5.74) is 1.07. The Morgan fingerprint density at radius 2 is 1.84 bits per heavy atom. The van der Waals surface area contributed by atoms with Crippen LogP contribution in [0.2, 0.25) is 0 Å². The monoisotopic (exact) mass is 267 g/mol. The molecule has 0 aromatic carbocycles. The maximum Gasteiger partial charge on any atom is 0.352 e. The number of carbonyl (C=O) groups is 3. The molecule has 7 nitrogen and oxygen atoms in total. The number of hydrogen-bond acceptors (Lipinski definition) is 3. The van der Waals surface area contributed by atoms with E-state index < -0.39 is 11.9 Å². The topological polar surface area (TPSA) is 111 Å². The van der Waals surface area contributed by atoms with Gasteiger partial charge in [0.25, 0.3) is 5.91 Å². The summed E-state index contributed by atoms with van der Waals surface area (Å²) in [7, 11) is 0. The van der Waals surface area contributed by atoms with Crippen LogP contribution in [0.15, 0.2) is 0 Å². The fourth-order valence-electron chi connectivity index (χ4n) is 1.81. The average molecular weight is 267 g/mol. The minimum Gasteiger partial charge on any atom is -0.477 e. The van der Waals surface area contributed by atoms with Crippen LogP contribution in [0.1, 0.15) is 39.0 Å². The first kappa shape index (κ1) is 14.7. The summed E-state index contributed by atoms with van der Waals surface area (Å²) in [5, 5.41) is 13.9. The van der Waals surface area contributed by atoms with Gasteiger partial charge in [-0.05, 0) is 26.3 Å². The highest BCUT2D eigenvalue weighted by atomic mass is 16.4. The highest BCUT2D eigenvalue weighted by Crippen LogP contribution is 2.17. The van der Waals surface area contributed by atoms with Crippen molar-refractivity contribution in [1.29, 1.82) is 0 Å². The van der Waals surface area contributed by atoms with Crippen LogP contribution in [0, 0.1) is 13.8 Å². The van der Waals surface area contributed by atoms with Gasteiger partial charge >= 0.3 is 5.97 Å². The number of amides is 2. The van der Waals surface area contributed by atoms with Crippen molar-refractivity contribution in [3.05, 3.63) is 22.5 Å². The Hall–Kier alpha value is -2.31. The number of H-pyrrole nitrogens is 1. The molecule has 104 valence electrons. The van der Waals surface area contributed by atoms with Crippen molar-refractivity contribution in [3.8, 4) is 0 Å². The smallest absolute Gasteiger partial charge is 0.352 e. The van der Waals surface area contributed by atoms with E-state index >= 15 is 0 Å². The minimum absolute atomic E-state index is 0.0133. The van der Waals surface area contributed by atoms with Crippen molar-refractivity contribution in [3.63, 3.8) is 0 Å². The van der Waals surface area contributed by atoms with Gasteiger partial charge in [0.05, 0.1) is 12.1 Å². The van der Waals surface area contributed by atoms with Gasteiger partial charge in [-0.2, -0.15) is 0 Å². The SMILES string of the molecule is CCNC(=O)CNC(=O)c1c(C)[nH]c(C(=O)O)c1C. The number of nitrogens with one attached hydrogen (secondary N) is 3. The molecular weight excluding hydrogens is 250 g/mol. The molecule has 0 aliphatic heterocycles. The maximum atomic E-state index is 11.9. The Kier molecular flexibility index (Phi) is 4.68. The zero-order chi connectivity index (χ0) is 14.6. The number of hydrogen-bond donors (Lipinski definition) is 4. The molecule has 0 atom stereocenters. The van der Waals surface area contributed by atoms with Gasteiger partial charge in [-0.1, -0.05) is 0 Å². The highest BCUT2D eigenvalue weighted by molar-refractivity contribution is 6.01. The van der Waals surface area contributed by atoms with Crippen LogP contribution in [0.3, 0.4) is 0 Å². The average Bonchev–Trinajstić information content (AvgIpc) is 2.62. The molecule has 19 heavy (non-hydrogen) atoms. The number of aromatic amines is 1. The van der Waals surface area contributed by atoms with Crippen molar-refractivity contribution in [1.82, 2.24) is 15.6 Å². The minimum atomic E-state index is -1.12. The number of rotatable bonds is 5. The molecule has 7 heteroatoms. The first-order chi connectivity index (χ1) is 8.88. The zero-order valence-corrected chi connectivity index (χ0v) is 11.1. The number of likely N-dealkylation sites (N-methyl/N-ethyl adjacent to an activating group) is 1. The third kappa shape index (κ3) is 3.34. The maximum absolute atomic E-state index is 11.9. The fraction of sp³-hybridized carbons (Fsp3) is 0.417. The third-order valence-corrected chi connectivity index (χ3v) is 2.66. The van der Waals surface area contributed by atoms with E-state index in [-0.39, 0.29) is 23.7 Å². The van der Waals surface area contributed by atoms with Crippen LogP contribution in [0.25, 0.3) is 0 Å². The largest absolute Gasteiger partial charge is 0.477 e. The number of aromatic carboxylic acids is 1. The molecule has 0 saturated carbocycles. The summed E-state index contributed by atoms with van der Waals surface area (Å²) in [6.45, 7) is 5.28. The van der Waals surface area contributed by atoms with Gasteiger partial charge in [0.15, 0.2) is 0 Å². The number of aromatic nitrogens is 1. The molecule has 4 N–H and O–H groups in total. The Labute approximate surface area is 110 Å². The predicted molar refractivity (Wildman–Crippen MR) is 68.2 cm³/mol. The van der Waals surface area contributed by atoms with E-state index in [9.17, 15) is 14.4 Å². The lowest BCUT2D eigenvalue weighted by Crippen LogP contribution is -2.37. The number of aryl methyl sites for hydroxylation is 1. The summed E-state index contributed by atoms with van der Waals surface area (Å²) in [6.07, 6.45) is 0. The number of carboxylic acids is 1. The molecule has 0 aliphatic rings. The molecular formula is C12H17N3O4. The molecule has 0 saturated heterocycles. The van der Waals surface area contributed by atoms with Crippen LogP contribution >= 0.6 is 0 Å². The predicted octanol–water partition coefficient (Wildman–Crippen LogP) is 0.196. The van der Waals surface area contributed by atoms with Crippen LogP contribution < -0.4 is 10.6 Å². The van der Waals surface area contributed by atoms with E-state index in [4.69, 9.17) is 5.11 Å². The second kappa shape index (κ2) is 6.03. The van der Waals surface area contributed by atoms with Gasteiger partial charge in [-0.3, -0.25) is 9.59 Å². The molecule has 0 radical (unpaired) electrons. The van der Waals surface area contributed by atoms with E-state index in [0.29, 0.717) is 17.8 Å². The standard InChI is InChI=1S/C12H17N3O4/c1-4-13-8(16)5-14-11(17)9-6(2)10(12(18)19)15-7(9)3/h15H,4-5H2,1-3H3,(H,13,16)(H,14,17)(H,18,19). The van der Waals surface area contributed by atoms with Crippen LogP contribution in [0.4, 0.5) is 0 Å². The van der Waals surface area contributed by atoms with Gasteiger partial charge in [-0.15, -0.1) is 0 Å². The Morgan fingerprint density at radius 3 is 2.32 bits per heavy atom. The molecule has 1 heterocycles. The lowest BCUT2D eigenvalue weighted by atomic mass is 10.1. The third-order valence-electron chi connectivity index (χ3n) is 2.66. The van der Waals surface area contributed by atoms with Gasteiger partial charge in [0.1, 0.15) is 5.69 Å². The highest BCUT2D eigenvalue weighted by Gasteiger charge is 2.21. The quantitative estimate of drug-likeness (QED) is 0.610. The molecule has 0 spiro atoms. The Morgan fingerprint density at radius 1 is 1.21 bits per heavy atom. The van der Waals surface area contributed by atoms with Crippen molar-refractivity contribution in [2.75, 3.05) is 13.1 Å². The summed E-state index contributed by atoms with van der Waals surface area (Å²) in [6, 6.07) is 0. The van der Waals surface area contributed by atoms with E-state index in [1.807, 2.05) is 0 Å². The molecule has 0 aliphatic carbocycles. The lowest BCUT2D eigenvalue weighted by Gasteiger charge is -2.06. The summed E-state index contributed by atoms with van der Waals surface area (Å²) in [5.74, 6) is -1.88. The fourth-order valence-corrected chi connectivity index (χ4v) is 1.81. The molecule has 2 amide bonds. The van der Waals surface area contributed by atoms with Gasteiger partial charge in [0, 0.05) is 12.2 Å². The van der Waals surface area contributed by atoms with Crippen molar-refractivity contribution in [2.45, 2.75) is 20.8 Å². The van der Waals surface area contributed by atoms with Crippen molar-refractivity contribution in [2.24, 2.45) is 0 Å². The Balaban J connectivity index is 2.83. The van der Waals surface area contributed by atoms with E-state index in [0.717, 1.165) is 0 Å². The summed E-state index contributed by atoms with van der Waals surface area (Å²) in [4.78, 5) is 36.7. The second-order valence-corrected chi connectivity index (χ2v) is 4.07. The second-order valence-electron chi connectivity index (χ2n) is 4.07. The summed E-state index contributed by atoms with van der Waals surface area (Å²) >= 11 is 0. The van der Waals surface area contributed by atoms with Crippen LogP contribution in [-0.2, 0) is 4.79 Å². The van der Waals surface area contributed by atoms with E-state index in [1.54, 1.807) is 20.8 Å². The molecule has 1 aromatic rings.